The Bertz CT molecular complexity index is 491. The SMILES string of the molecule is CCOc1cccc(OC2CCCC(NC)(C(=O)O)C2)c1. The Balaban J connectivity index is 2.05. The summed E-state index contributed by atoms with van der Waals surface area (Å²) in [6.07, 6.45) is 2.72. The molecule has 0 saturated heterocycles. The lowest BCUT2D eigenvalue weighted by Gasteiger charge is -2.37. The van der Waals surface area contributed by atoms with E-state index >= 15 is 0 Å². The summed E-state index contributed by atoms with van der Waals surface area (Å²) in [5.41, 5.74) is -0.875. The van der Waals surface area contributed by atoms with Gasteiger partial charge in [0.05, 0.1) is 6.61 Å². The molecule has 0 spiro atoms. The van der Waals surface area contributed by atoms with Crippen LogP contribution < -0.4 is 14.8 Å². The Morgan fingerprint density at radius 2 is 2.24 bits per heavy atom. The molecule has 5 nitrogen and oxygen atoms in total. The number of hydrogen-bond donors (Lipinski definition) is 2. The van der Waals surface area contributed by atoms with Gasteiger partial charge in [0, 0.05) is 12.5 Å². The molecule has 0 radical (unpaired) electrons. The van der Waals surface area contributed by atoms with Gasteiger partial charge in [0.15, 0.2) is 0 Å². The number of hydrogen-bond acceptors (Lipinski definition) is 4. The van der Waals surface area contributed by atoms with E-state index in [0.29, 0.717) is 19.4 Å². The summed E-state index contributed by atoms with van der Waals surface area (Å²) in [5, 5.41) is 12.4. The summed E-state index contributed by atoms with van der Waals surface area (Å²) in [6.45, 7) is 2.54. The molecule has 1 aromatic rings. The number of ether oxygens (including phenoxy) is 2. The van der Waals surface area contributed by atoms with Crippen LogP contribution in [0.25, 0.3) is 0 Å². The summed E-state index contributed by atoms with van der Waals surface area (Å²) in [5.74, 6) is 0.688. The van der Waals surface area contributed by atoms with Crippen molar-refractivity contribution < 1.29 is 19.4 Å². The maximum absolute atomic E-state index is 11.5. The molecule has 1 saturated carbocycles. The van der Waals surface area contributed by atoms with Crippen molar-refractivity contribution in [3.8, 4) is 11.5 Å². The third-order valence-corrected chi connectivity index (χ3v) is 4.01. The topological polar surface area (TPSA) is 67.8 Å². The van der Waals surface area contributed by atoms with Crippen LogP contribution in [-0.4, -0.2) is 36.4 Å². The van der Waals surface area contributed by atoms with Gasteiger partial charge in [-0.3, -0.25) is 4.79 Å². The van der Waals surface area contributed by atoms with Crippen molar-refractivity contribution in [1.29, 1.82) is 0 Å². The lowest BCUT2D eigenvalue weighted by molar-refractivity contribution is -0.147. The van der Waals surface area contributed by atoms with E-state index < -0.39 is 11.5 Å². The van der Waals surface area contributed by atoms with Crippen LogP contribution in [0.3, 0.4) is 0 Å². The summed E-state index contributed by atoms with van der Waals surface area (Å²) in [6, 6.07) is 7.48. The monoisotopic (exact) mass is 293 g/mol. The number of rotatable bonds is 6. The van der Waals surface area contributed by atoms with Crippen molar-refractivity contribution in [3.05, 3.63) is 24.3 Å². The first-order valence-corrected chi connectivity index (χ1v) is 7.41. The summed E-state index contributed by atoms with van der Waals surface area (Å²) < 4.78 is 11.4. The minimum absolute atomic E-state index is 0.0980. The molecule has 0 amide bonds. The van der Waals surface area contributed by atoms with E-state index in [9.17, 15) is 9.90 Å². The van der Waals surface area contributed by atoms with Crippen LogP contribution in [0.5, 0.6) is 11.5 Å². The molecule has 21 heavy (non-hydrogen) atoms. The minimum atomic E-state index is -0.875. The predicted molar refractivity (Wildman–Crippen MR) is 79.9 cm³/mol. The van der Waals surface area contributed by atoms with Gasteiger partial charge in [-0.1, -0.05) is 6.07 Å². The smallest absolute Gasteiger partial charge is 0.324 e. The molecule has 1 aromatic carbocycles. The highest BCUT2D eigenvalue weighted by atomic mass is 16.5. The third-order valence-electron chi connectivity index (χ3n) is 4.01. The normalized spacial score (nSPS) is 25.3. The van der Waals surface area contributed by atoms with Gasteiger partial charge in [0.2, 0.25) is 0 Å². The first-order valence-electron chi connectivity index (χ1n) is 7.41. The van der Waals surface area contributed by atoms with Gasteiger partial charge in [-0.15, -0.1) is 0 Å². The summed E-state index contributed by atoms with van der Waals surface area (Å²) in [4.78, 5) is 11.5. The first kappa shape index (κ1) is 15.6. The summed E-state index contributed by atoms with van der Waals surface area (Å²) >= 11 is 0. The largest absolute Gasteiger partial charge is 0.494 e. The molecule has 2 N–H and O–H groups in total. The van der Waals surface area contributed by atoms with Gasteiger partial charge in [0.1, 0.15) is 23.1 Å². The Labute approximate surface area is 125 Å². The van der Waals surface area contributed by atoms with Gasteiger partial charge in [0.25, 0.3) is 0 Å². The number of carboxylic acids is 1. The van der Waals surface area contributed by atoms with Gasteiger partial charge in [-0.05, 0) is 45.4 Å². The van der Waals surface area contributed by atoms with Crippen LogP contribution in [0.1, 0.15) is 32.6 Å². The first-order chi connectivity index (χ1) is 10.1. The van der Waals surface area contributed by atoms with Crippen molar-refractivity contribution >= 4 is 5.97 Å². The molecule has 116 valence electrons. The molecule has 0 bridgehead atoms. The van der Waals surface area contributed by atoms with Crippen molar-refractivity contribution in [3.63, 3.8) is 0 Å². The van der Waals surface area contributed by atoms with Crippen molar-refractivity contribution in [2.45, 2.75) is 44.2 Å². The molecular formula is C16H23NO4. The van der Waals surface area contributed by atoms with E-state index in [1.165, 1.54) is 0 Å². The van der Waals surface area contributed by atoms with Gasteiger partial charge < -0.3 is 19.9 Å². The average molecular weight is 293 g/mol. The number of carboxylic acid groups (broad SMARTS) is 1. The zero-order chi connectivity index (χ0) is 15.3. The molecule has 0 heterocycles. The number of benzene rings is 1. The fourth-order valence-electron chi connectivity index (χ4n) is 2.85. The highest BCUT2D eigenvalue weighted by molar-refractivity contribution is 5.79. The van der Waals surface area contributed by atoms with Gasteiger partial charge in [-0.2, -0.15) is 0 Å². The Morgan fingerprint density at radius 3 is 2.90 bits per heavy atom. The summed E-state index contributed by atoms with van der Waals surface area (Å²) in [7, 11) is 1.70. The quantitative estimate of drug-likeness (QED) is 0.843. The van der Waals surface area contributed by atoms with Crippen molar-refractivity contribution in [2.24, 2.45) is 0 Å². The molecule has 2 atom stereocenters. The average Bonchev–Trinajstić information content (AvgIpc) is 2.48. The lowest BCUT2D eigenvalue weighted by Crippen LogP contribution is -2.55. The van der Waals surface area contributed by atoms with Crippen LogP contribution in [0, 0.1) is 0 Å². The van der Waals surface area contributed by atoms with E-state index in [0.717, 1.165) is 24.3 Å². The van der Waals surface area contributed by atoms with Crippen LogP contribution in [0.2, 0.25) is 0 Å². The Kier molecular flexibility index (Phi) is 5.07. The lowest BCUT2D eigenvalue weighted by atomic mass is 9.80. The van der Waals surface area contributed by atoms with Crippen LogP contribution in [0.15, 0.2) is 24.3 Å². The van der Waals surface area contributed by atoms with Crippen molar-refractivity contribution in [1.82, 2.24) is 5.32 Å². The maximum atomic E-state index is 11.5. The molecule has 0 aromatic heterocycles. The molecule has 2 unspecified atom stereocenters. The van der Waals surface area contributed by atoms with E-state index in [1.54, 1.807) is 7.05 Å². The second kappa shape index (κ2) is 6.80. The standard InChI is InChI=1S/C16H23NO4/c1-3-20-12-6-4-7-13(10-12)21-14-8-5-9-16(11-14,17-2)15(18)19/h4,6-7,10,14,17H,3,5,8-9,11H2,1-2H3,(H,18,19). The molecule has 1 fully saturated rings. The third kappa shape index (κ3) is 3.67. The fraction of sp³-hybridized carbons (Fsp3) is 0.562. The number of carbonyl (C=O) groups is 1. The van der Waals surface area contributed by atoms with Crippen LogP contribution in [-0.2, 0) is 4.79 Å². The van der Waals surface area contributed by atoms with Crippen LogP contribution >= 0.6 is 0 Å². The molecule has 5 heteroatoms. The molecule has 0 aliphatic heterocycles. The van der Waals surface area contributed by atoms with E-state index in [1.807, 2.05) is 31.2 Å². The highest BCUT2D eigenvalue weighted by Gasteiger charge is 2.42. The Morgan fingerprint density at radius 1 is 1.48 bits per heavy atom. The molecule has 1 aliphatic rings. The highest BCUT2D eigenvalue weighted by Crippen LogP contribution is 2.32. The van der Waals surface area contributed by atoms with E-state index in [4.69, 9.17) is 9.47 Å². The number of aliphatic carboxylic acids is 1. The minimum Gasteiger partial charge on any atom is -0.494 e. The fourth-order valence-corrected chi connectivity index (χ4v) is 2.85. The van der Waals surface area contributed by atoms with Crippen molar-refractivity contribution in [2.75, 3.05) is 13.7 Å². The maximum Gasteiger partial charge on any atom is 0.324 e. The molecular weight excluding hydrogens is 270 g/mol. The second-order valence-electron chi connectivity index (χ2n) is 5.38. The zero-order valence-electron chi connectivity index (χ0n) is 12.6. The number of likely N-dealkylation sites (N-methyl/N-ethyl adjacent to an activating group) is 1. The molecule has 1 aliphatic carbocycles. The Hall–Kier alpha value is -1.75. The second-order valence-corrected chi connectivity index (χ2v) is 5.38. The van der Waals surface area contributed by atoms with Gasteiger partial charge in [-0.25, -0.2) is 0 Å². The predicted octanol–water partition coefficient (Wildman–Crippen LogP) is 2.45. The molecule has 2 rings (SSSR count). The zero-order valence-corrected chi connectivity index (χ0v) is 12.6. The van der Waals surface area contributed by atoms with E-state index in [-0.39, 0.29) is 6.10 Å². The number of nitrogens with one attached hydrogen (secondary N) is 1. The van der Waals surface area contributed by atoms with E-state index in [2.05, 4.69) is 5.32 Å². The van der Waals surface area contributed by atoms with Gasteiger partial charge >= 0.3 is 5.97 Å². The van der Waals surface area contributed by atoms with Crippen LogP contribution in [0.4, 0.5) is 0 Å².